The lowest BCUT2D eigenvalue weighted by Gasteiger charge is -2.32. The van der Waals surface area contributed by atoms with Gasteiger partial charge in [-0.15, -0.1) is 0 Å². The van der Waals surface area contributed by atoms with Gasteiger partial charge in [0.25, 0.3) is 0 Å². The largest absolute Gasteiger partial charge is 0.323 e. The molecule has 0 radical (unpaired) electrons. The van der Waals surface area contributed by atoms with Crippen molar-refractivity contribution >= 4 is 5.91 Å². The van der Waals surface area contributed by atoms with Crippen LogP contribution < -0.4 is 5.32 Å². The SMILES string of the molecule is CCCCCCC(C)N1C(=O)C2(CCCC2)NC1C(C)C. The second kappa shape index (κ2) is 7.13. The second-order valence-corrected chi connectivity index (χ2v) is 7.53. The van der Waals surface area contributed by atoms with Crippen LogP contribution in [0.5, 0.6) is 0 Å². The molecule has 2 fully saturated rings. The second-order valence-electron chi connectivity index (χ2n) is 7.53. The van der Waals surface area contributed by atoms with Crippen LogP contribution in [0.25, 0.3) is 0 Å². The summed E-state index contributed by atoms with van der Waals surface area (Å²) in [6.07, 6.45) is 11.0. The maximum Gasteiger partial charge on any atom is 0.244 e. The van der Waals surface area contributed by atoms with Crippen molar-refractivity contribution in [2.45, 2.75) is 103 Å². The predicted octanol–water partition coefficient (Wildman–Crippen LogP) is 4.07. The summed E-state index contributed by atoms with van der Waals surface area (Å²) < 4.78 is 0. The van der Waals surface area contributed by atoms with Gasteiger partial charge in [0.15, 0.2) is 0 Å². The van der Waals surface area contributed by atoms with Gasteiger partial charge in [0.2, 0.25) is 5.91 Å². The molecule has 1 N–H and O–H groups in total. The first-order valence-corrected chi connectivity index (χ1v) is 9.12. The molecule has 2 aliphatic rings. The zero-order valence-electron chi connectivity index (χ0n) is 14.5. The van der Waals surface area contributed by atoms with Crippen LogP contribution in [0.1, 0.15) is 85.5 Å². The molecule has 0 aromatic rings. The van der Waals surface area contributed by atoms with Crippen LogP contribution >= 0.6 is 0 Å². The normalized spacial score (nSPS) is 26.2. The molecule has 21 heavy (non-hydrogen) atoms. The van der Waals surface area contributed by atoms with Gasteiger partial charge < -0.3 is 4.90 Å². The van der Waals surface area contributed by atoms with Crippen LogP contribution in [-0.4, -0.2) is 28.6 Å². The Morgan fingerprint density at radius 3 is 2.43 bits per heavy atom. The Kier molecular flexibility index (Phi) is 5.70. The smallest absolute Gasteiger partial charge is 0.244 e. The van der Waals surface area contributed by atoms with E-state index in [4.69, 9.17) is 0 Å². The van der Waals surface area contributed by atoms with Gasteiger partial charge in [-0.1, -0.05) is 59.3 Å². The lowest BCUT2D eigenvalue weighted by atomic mass is 9.97. The minimum absolute atomic E-state index is 0.216. The van der Waals surface area contributed by atoms with Crippen molar-refractivity contribution in [2.75, 3.05) is 0 Å². The molecule has 1 saturated carbocycles. The van der Waals surface area contributed by atoms with Gasteiger partial charge in [-0.05, 0) is 32.1 Å². The van der Waals surface area contributed by atoms with Crippen LogP contribution in [0.2, 0.25) is 0 Å². The molecule has 3 heteroatoms. The Morgan fingerprint density at radius 2 is 1.86 bits per heavy atom. The van der Waals surface area contributed by atoms with Crippen molar-refractivity contribution in [3.8, 4) is 0 Å². The number of unbranched alkanes of at least 4 members (excludes halogenated alkanes) is 3. The molecular formula is C18H34N2O. The highest BCUT2D eigenvalue weighted by molar-refractivity contribution is 5.89. The number of rotatable bonds is 7. The summed E-state index contributed by atoms with van der Waals surface area (Å²) in [6.45, 7) is 8.95. The molecule has 1 aliphatic carbocycles. The van der Waals surface area contributed by atoms with Crippen molar-refractivity contribution in [1.82, 2.24) is 10.2 Å². The van der Waals surface area contributed by atoms with Gasteiger partial charge in [-0.3, -0.25) is 10.1 Å². The molecule has 2 atom stereocenters. The molecule has 1 saturated heterocycles. The summed E-state index contributed by atoms with van der Waals surface area (Å²) in [5, 5.41) is 3.72. The topological polar surface area (TPSA) is 32.3 Å². The summed E-state index contributed by atoms with van der Waals surface area (Å²) in [4.78, 5) is 15.2. The standard InChI is InChI=1S/C18H34N2O/c1-5-6-7-8-11-15(4)20-16(14(2)3)19-18(17(20)21)12-9-10-13-18/h14-16,19H,5-13H2,1-4H3. The van der Waals surface area contributed by atoms with Crippen molar-refractivity contribution in [1.29, 1.82) is 0 Å². The van der Waals surface area contributed by atoms with Crippen LogP contribution in [0.15, 0.2) is 0 Å². The molecule has 2 unspecified atom stereocenters. The summed E-state index contributed by atoms with van der Waals surface area (Å²) in [7, 11) is 0. The van der Waals surface area contributed by atoms with Crippen molar-refractivity contribution in [3.63, 3.8) is 0 Å². The molecule has 1 amide bonds. The minimum atomic E-state index is -0.216. The van der Waals surface area contributed by atoms with Crippen LogP contribution in [0.3, 0.4) is 0 Å². The highest BCUT2D eigenvalue weighted by atomic mass is 16.2. The zero-order chi connectivity index (χ0) is 15.5. The van der Waals surface area contributed by atoms with Crippen LogP contribution in [0, 0.1) is 5.92 Å². The summed E-state index contributed by atoms with van der Waals surface area (Å²) >= 11 is 0. The van der Waals surface area contributed by atoms with E-state index >= 15 is 0 Å². The number of carbonyl (C=O) groups excluding carboxylic acids is 1. The Hall–Kier alpha value is -0.570. The molecule has 0 bridgehead atoms. The molecule has 122 valence electrons. The third-order valence-electron chi connectivity index (χ3n) is 5.41. The quantitative estimate of drug-likeness (QED) is 0.718. The van der Waals surface area contributed by atoms with E-state index in [2.05, 4.69) is 37.9 Å². The van der Waals surface area contributed by atoms with E-state index in [1.807, 2.05) is 0 Å². The first-order chi connectivity index (χ1) is 10.0. The Labute approximate surface area is 130 Å². The number of amides is 1. The lowest BCUT2D eigenvalue weighted by Crippen LogP contribution is -2.46. The highest BCUT2D eigenvalue weighted by Gasteiger charge is 2.53. The minimum Gasteiger partial charge on any atom is -0.323 e. The van der Waals surface area contributed by atoms with E-state index in [0.29, 0.717) is 17.9 Å². The Bertz CT molecular complexity index is 347. The number of hydrogen-bond acceptors (Lipinski definition) is 2. The van der Waals surface area contributed by atoms with Gasteiger partial charge in [0, 0.05) is 6.04 Å². The molecule has 1 spiro atoms. The molecule has 0 aromatic heterocycles. The van der Waals surface area contributed by atoms with Crippen molar-refractivity contribution in [2.24, 2.45) is 5.92 Å². The van der Waals surface area contributed by atoms with E-state index in [1.54, 1.807) is 0 Å². The fourth-order valence-electron chi connectivity index (χ4n) is 4.09. The van der Waals surface area contributed by atoms with E-state index in [1.165, 1.54) is 38.5 Å². The van der Waals surface area contributed by atoms with E-state index < -0.39 is 0 Å². The third-order valence-corrected chi connectivity index (χ3v) is 5.41. The lowest BCUT2D eigenvalue weighted by molar-refractivity contribution is -0.135. The third kappa shape index (κ3) is 3.44. The van der Waals surface area contributed by atoms with E-state index in [-0.39, 0.29) is 11.7 Å². The Balaban J connectivity index is 2.02. The van der Waals surface area contributed by atoms with E-state index in [9.17, 15) is 4.79 Å². The highest BCUT2D eigenvalue weighted by Crippen LogP contribution is 2.39. The zero-order valence-corrected chi connectivity index (χ0v) is 14.5. The Morgan fingerprint density at radius 1 is 1.19 bits per heavy atom. The van der Waals surface area contributed by atoms with Crippen LogP contribution in [-0.2, 0) is 4.79 Å². The molecule has 3 nitrogen and oxygen atoms in total. The van der Waals surface area contributed by atoms with E-state index in [0.717, 1.165) is 19.3 Å². The van der Waals surface area contributed by atoms with Gasteiger partial charge in [-0.25, -0.2) is 0 Å². The number of nitrogens with one attached hydrogen (secondary N) is 1. The van der Waals surface area contributed by atoms with Gasteiger partial charge >= 0.3 is 0 Å². The molecular weight excluding hydrogens is 260 g/mol. The number of hydrogen-bond donors (Lipinski definition) is 1. The average molecular weight is 294 g/mol. The maximum atomic E-state index is 13.0. The predicted molar refractivity (Wildman–Crippen MR) is 88.0 cm³/mol. The summed E-state index contributed by atoms with van der Waals surface area (Å²) in [5.74, 6) is 0.869. The van der Waals surface area contributed by atoms with Gasteiger partial charge in [-0.2, -0.15) is 0 Å². The van der Waals surface area contributed by atoms with Gasteiger partial charge in [0.05, 0.1) is 11.7 Å². The average Bonchev–Trinajstić information content (AvgIpc) is 3.02. The summed E-state index contributed by atoms with van der Waals surface area (Å²) in [5.41, 5.74) is -0.216. The van der Waals surface area contributed by atoms with Crippen LogP contribution in [0.4, 0.5) is 0 Å². The molecule has 1 heterocycles. The molecule has 0 aromatic carbocycles. The van der Waals surface area contributed by atoms with Gasteiger partial charge in [0.1, 0.15) is 0 Å². The number of carbonyl (C=O) groups is 1. The molecule has 1 aliphatic heterocycles. The number of nitrogens with zero attached hydrogens (tertiary/aromatic N) is 1. The van der Waals surface area contributed by atoms with Crippen molar-refractivity contribution in [3.05, 3.63) is 0 Å². The monoisotopic (exact) mass is 294 g/mol. The maximum absolute atomic E-state index is 13.0. The van der Waals surface area contributed by atoms with Crippen molar-refractivity contribution < 1.29 is 4.79 Å². The fraction of sp³-hybridized carbons (Fsp3) is 0.944. The first-order valence-electron chi connectivity index (χ1n) is 9.12. The fourth-order valence-corrected chi connectivity index (χ4v) is 4.09. The summed E-state index contributed by atoms with van der Waals surface area (Å²) in [6, 6.07) is 0.370. The molecule has 2 rings (SSSR count). The first kappa shape index (κ1) is 16.8.